The predicted molar refractivity (Wildman–Crippen MR) is 187 cm³/mol. The maximum atomic E-state index is 15.7. The van der Waals surface area contributed by atoms with Crippen LogP contribution in [0.4, 0.5) is 14.0 Å². The molecule has 1 saturated heterocycles. The molecule has 10 nitrogen and oxygen atoms in total. The number of methoxy groups -OCH3 is 1. The molecule has 266 valence electrons. The largest absolute Gasteiger partial charge is 0.453 e. The van der Waals surface area contributed by atoms with Crippen molar-refractivity contribution in [2.45, 2.75) is 71.1 Å². The number of carbonyl (C=O) groups is 3. The lowest BCUT2D eigenvalue weighted by Crippen LogP contribution is -2.48. The lowest BCUT2D eigenvalue weighted by atomic mass is 9.72. The van der Waals surface area contributed by atoms with Crippen LogP contribution >= 0.6 is 0 Å². The summed E-state index contributed by atoms with van der Waals surface area (Å²) in [6, 6.07) is 21.1. The third-order valence-electron chi connectivity index (χ3n) is 8.85. The lowest BCUT2D eigenvalue weighted by Gasteiger charge is -2.43. The lowest BCUT2D eigenvalue weighted by molar-refractivity contribution is -0.0564. The minimum atomic E-state index is -1.53. The van der Waals surface area contributed by atoms with E-state index in [1.54, 1.807) is 62.1 Å². The molecule has 0 bridgehead atoms. The number of nitriles is 1. The van der Waals surface area contributed by atoms with Crippen LogP contribution in [0.25, 0.3) is 11.1 Å². The fourth-order valence-electron chi connectivity index (χ4n) is 6.46. The highest BCUT2D eigenvalue weighted by Gasteiger charge is 2.43. The van der Waals surface area contributed by atoms with Gasteiger partial charge in [-0.2, -0.15) is 5.26 Å². The summed E-state index contributed by atoms with van der Waals surface area (Å²) in [5, 5.41) is 24.6. The molecule has 3 aromatic rings. The van der Waals surface area contributed by atoms with Crippen molar-refractivity contribution >= 4 is 18.1 Å². The van der Waals surface area contributed by atoms with Crippen LogP contribution in [-0.4, -0.2) is 71.9 Å². The number of ether oxygens (including phenoxy) is 2. The van der Waals surface area contributed by atoms with E-state index >= 15 is 4.39 Å². The molecule has 1 fully saturated rings. The quantitative estimate of drug-likeness (QED) is 0.165. The summed E-state index contributed by atoms with van der Waals surface area (Å²) in [4.78, 5) is 41.2. The van der Waals surface area contributed by atoms with Crippen molar-refractivity contribution in [3.63, 3.8) is 0 Å². The number of aliphatic hydroxyl groups is 1. The molecule has 0 aromatic heterocycles. The monoisotopic (exact) mass is 686 g/mol. The van der Waals surface area contributed by atoms with E-state index in [0.29, 0.717) is 48.1 Å². The zero-order valence-corrected chi connectivity index (χ0v) is 29.5. The summed E-state index contributed by atoms with van der Waals surface area (Å²) >= 11 is 0. The topological polar surface area (TPSA) is 132 Å². The summed E-state index contributed by atoms with van der Waals surface area (Å²) < 4.78 is 25.8. The fourth-order valence-corrected chi connectivity index (χ4v) is 6.46. The van der Waals surface area contributed by atoms with E-state index in [4.69, 9.17) is 9.47 Å². The van der Waals surface area contributed by atoms with E-state index in [-0.39, 0.29) is 38.5 Å². The van der Waals surface area contributed by atoms with Gasteiger partial charge in [-0.05, 0) is 88.3 Å². The SMILES string of the molecule is COC(=O)NCCCC(O)(c1cccc(F)c1-c1cccc(C)c1)[C@@H]1CCCN(C(=O)c2ccc(CN(CC#N)C(=O)OC(C)(C)C)cc2)C1. The maximum absolute atomic E-state index is 15.7. The first-order chi connectivity index (χ1) is 23.8. The van der Waals surface area contributed by atoms with E-state index < -0.39 is 35.1 Å². The van der Waals surface area contributed by atoms with Crippen LogP contribution in [-0.2, 0) is 21.6 Å². The van der Waals surface area contributed by atoms with Gasteiger partial charge in [-0.3, -0.25) is 9.69 Å². The molecular weight excluding hydrogens is 639 g/mol. The van der Waals surface area contributed by atoms with Crippen LogP contribution < -0.4 is 5.32 Å². The van der Waals surface area contributed by atoms with E-state index in [9.17, 15) is 24.8 Å². The van der Waals surface area contributed by atoms with Crippen molar-refractivity contribution in [1.82, 2.24) is 15.1 Å². The highest BCUT2D eigenvalue weighted by atomic mass is 19.1. The fraction of sp³-hybridized carbons (Fsp3) is 0.436. The smallest absolute Gasteiger partial charge is 0.411 e. The van der Waals surface area contributed by atoms with E-state index in [2.05, 4.69) is 5.32 Å². The zero-order valence-electron chi connectivity index (χ0n) is 29.5. The average Bonchev–Trinajstić information content (AvgIpc) is 3.09. The van der Waals surface area contributed by atoms with Gasteiger partial charge in [-0.1, -0.05) is 54.1 Å². The Labute approximate surface area is 293 Å². The van der Waals surface area contributed by atoms with Crippen molar-refractivity contribution in [1.29, 1.82) is 5.26 Å². The molecule has 2 atom stereocenters. The van der Waals surface area contributed by atoms with Crippen LogP contribution in [0.3, 0.4) is 0 Å². The molecule has 1 aliphatic rings. The van der Waals surface area contributed by atoms with Gasteiger partial charge in [0.15, 0.2) is 0 Å². The predicted octanol–water partition coefficient (Wildman–Crippen LogP) is 6.94. The van der Waals surface area contributed by atoms with Gasteiger partial charge in [0.25, 0.3) is 5.91 Å². The number of halogens is 1. The molecule has 0 radical (unpaired) electrons. The normalized spacial score (nSPS) is 15.7. The summed E-state index contributed by atoms with van der Waals surface area (Å²) in [7, 11) is 1.28. The molecule has 0 saturated carbocycles. The van der Waals surface area contributed by atoms with E-state index in [0.717, 1.165) is 11.1 Å². The number of amides is 3. The van der Waals surface area contributed by atoms with Crippen molar-refractivity contribution in [3.8, 4) is 17.2 Å². The molecule has 1 unspecified atom stereocenters. The summed E-state index contributed by atoms with van der Waals surface area (Å²) in [5.74, 6) is -1.10. The summed E-state index contributed by atoms with van der Waals surface area (Å²) in [6.45, 7) is 8.14. The Kier molecular flexibility index (Phi) is 12.6. The Morgan fingerprint density at radius 2 is 1.82 bits per heavy atom. The number of likely N-dealkylation sites (tertiary alicyclic amines) is 1. The van der Waals surface area contributed by atoms with Gasteiger partial charge in [0, 0.05) is 36.7 Å². The molecule has 11 heteroatoms. The first-order valence-corrected chi connectivity index (χ1v) is 16.9. The van der Waals surface area contributed by atoms with Crippen molar-refractivity contribution in [3.05, 3.63) is 94.8 Å². The number of hydrogen-bond acceptors (Lipinski definition) is 7. The molecule has 3 amide bonds. The number of benzene rings is 3. The van der Waals surface area contributed by atoms with Crippen LogP contribution in [0.2, 0.25) is 0 Å². The van der Waals surface area contributed by atoms with Gasteiger partial charge >= 0.3 is 12.2 Å². The first-order valence-electron chi connectivity index (χ1n) is 16.9. The molecule has 1 heterocycles. The van der Waals surface area contributed by atoms with Gasteiger partial charge in [0.1, 0.15) is 18.0 Å². The maximum Gasteiger partial charge on any atom is 0.411 e. The Morgan fingerprint density at radius 1 is 1.10 bits per heavy atom. The molecule has 50 heavy (non-hydrogen) atoms. The number of nitrogens with one attached hydrogen (secondary N) is 1. The van der Waals surface area contributed by atoms with E-state index in [1.165, 1.54) is 18.1 Å². The van der Waals surface area contributed by atoms with Crippen molar-refractivity contribution in [2.75, 3.05) is 33.3 Å². The second-order valence-electron chi connectivity index (χ2n) is 13.8. The Balaban J connectivity index is 1.59. The highest BCUT2D eigenvalue weighted by molar-refractivity contribution is 5.94. The number of rotatable bonds is 11. The van der Waals surface area contributed by atoms with Gasteiger partial charge in [0.05, 0.1) is 25.3 Å². The van der Waals surface area contributed by atoms with Gasteiger partial charge < -0.3 is 24.8 Å². The first kappa shape index (κ1) is 37.9. The summed E-state index contributed by atoms with van der Waals surface area (Å²) in [6.07, 6.45) is 0.641. The minimum Gasteiger partial charge on any atom is -0.453 e. The number of nitrogens with zero attached hydrogens (tertiary/aromatic N) is 3. The number of alkyl carbamates (subject to hydrolysis) is 1. The van der Waals surface area contributed by atoms with E-state index in [1.807, 2.05) is 37.3 Å². The zero-order chi connectivity index (χ0) is 36.5. The molecule has 3 aromatic carbocycles. The molecular formula is C39H47FN4O6. The Bertz CT molecular complexity index is 1700. The van der Waals surface area contributed by atoms with Gasteiger partial charge in [-0.25, -0.2) is 14.0 Å². The van der Waals surface area contributed by atoms with Crippen LogP contribution in [0.1, 0.15) is 73.5 Å². The standard InChI is InChI=1S/C39H47FN4O6/c1-27-10-6-11-30(24-27)34-32(13-7-14-33(34)40)39(48,19-9-21-42-36(46)49-5)31-12-8-22-43(26-31)35(45)29-17-15-28(16-18-29)25-44(23-20-41)37(47)50-38(2,3)4/h6-7,10-11,13-18,24,31,48H,8-9,12,19,21-23,25-26H2,1-5H3,(H,42,46)/t31-,39?/m1/s1. The van der Waals surface area contributed by atoms with Crippen LogP contribution in [0, 0.1) is 30.0 Å². The number of piperidine rings is 1. The third-order valence-corrected chi connectivity index (χ3v) is 8.85. The molecule has 0 aliphatic carbocycles. The third kappa shape index (κ3) is 9.60. The summed E-state index contributed by atoms with van der Waals surface area (Å²) in [5.41, 5.74) is 1.27. The van der Waals surface area contributed by atoms with Gasteiger partial charge in [0.2, 0.25) is 0 Å². The van der Waals surface area contributed by atoms with Crippen molar-refractivity contribution < 1.29 is 33.4 Å². The molecule has 2 N–H and O–H groups in total. The Hall–Kier alpha value is -4.95. The second-order valence-corrected chi connectivity index (χ2v) is 13.8. The highest BCUT2D eigenvalue weighted by Crippen LogP contribution is 2.44. The van der Waals surface area contributed by atoms with Crippen LogP contribution in [0.5, 0.6) is 0 Å². The van der Waals surface area contributed by atoms with Crippen LogP contribution in [0.15, 0.2) is 66.7 Å². The number of carbonyl (C=O) groups excluding carboxylic acids is 3. The Morgan fingerprint density at radius 3 is 2.48 bits per heavy atom. The molecule has 4 rings (SSSR count). The molecule has 1 aliphatic heterocycles. The minimum absolute atomic E-state index is 0.136. The number of hydrogen-bond donors (Lipinski definition) is 2. The second kappa shape index (κ2) is 16.6. The average molecular weight is 687 g/mol. The molecule has 0 spiro atoms. The van der Waals surface area contributed by atoms with Gasteiger partial charge in [-0.15, -0.1) is 0 Å². The van der Waals surface area contributed by atoms with Crippen molar-refractivity contribution in [2.24, 2.45) is 5.92 Å². The number of aryl methyl sites for hydroxylation is 1.